The van der Waals surface area contributed by atoms with Crippen molar-refractivity contribution in [1.29, 1.82) is 0 Å². The van der Waals surface area contributed by atoms with Crippen molar-refractivity contribution in [1.82, 2.24) is 5.32 Å². The van der Waals surface area contributed by atoms with Gasteiger partial charge in [-0.3, -0.25) is 4.79 Å². The second-order valence-corrected chi connectivity index (χ2v) is 6.17. The number of benzene rings is 1. The monoisotopic (exact) mass is 277 g/mol. The topological polar surface area (TPSA) is 47.6 Å². The molecular weight excluding hydrogens is 254 g/mol. The average molecular weight is 277 g/mol. The number of carbonyl (C=O) groups excluding carboxylic acids is 1. The Hall–Kier alpha value is -1.55. The maximum absolute atomic E-state index is 11.4. The summed E-state index contributed by atoms with van der Waals surface area (Å²) < 4.78 is 11.7. The molecule has 0 radical (unpaired) electrons. The molecule has 2 rings (SSSR count). The van der Waals surface area contributed by atoms with Gasteiger partial charge in [-0.15, -0.1) is 0 Å². The Kier molecular flexibility index (Phi) is 4.33. The zero-order chi connectivity index (χ0) is 14.8. The fourth-order valence-electron chi connectivity index (χ4n) is 2.23. The van der Waals surface area contributed by atoms with Gasteiger partial charge in [0.05, 0.1) is 11.7 Å². The number of rotatable bonds is 4. The molecular formula is C16H23NO3. The second-order valence-electron chi connectivity index (χ2n) is 6.17. The summed E-state index contributed by atoms with van der Waals surface area (Å²) >= 11 is 0. The number of ether oxygens (including phenoxy) is 2. The van der Waals surface area contributed by atoms with Gasteiger partial charge in [-0.2, -0.15) is 0 Å². The molecule has 1 amide bonds. The van der Waals surface area contributed by atoms with Crippen molar-refractivity contribution in [3.8, 4) is 5.75 Å². The molecule has 1 aromatic rings. The zero-order valence-electron chi connectivity index (χ0n) is 12.6. The Morgan fingerprint density at radius 3 is 2.25 bits per heavy atom. The summed E-state index contributed by atoms with van der Waals surface area (Å²) in [4.78, 5) is 11.4. The maximum atomic E-state index is 11.4. The quantitative estimate of drug-likeness (QED) is 0.920. The van der Waals surface area contributed by atoms with Gasteiger partial charge in [-0.25, -0.2) is 0 Å². The maximum Gasteiger partial charge on any atom is 0.251 e. The number of hydrogen-bond acceptors (Lipinski definition) is 3. The third-order valence-corrected chi connectivity index (χ3v) is 3.22. The van der Waals surface area contributed by atoms with Gasteiger partial charge in [0.2, 0.25) is 0 Å². The lowest BCUT2D eigenvalue weighted by Gasteiger charge is -2.39. The molecule has 0 atom stereocenters. The number of carbonyl (C=O) groups is 1. The van der Waals surface area contributed by atoms with Crippen LogP contribution in [0.3, 0.4) is 0 Å². The van der Waals surface area contributed by atoms with E-state index in [4.69, 9.17) is 9.47 Å². The first-order valence-electron chi connectivity index (χ1n) is 7.04. The van der Waals surface area contributed by atoms with Crippen LogP contribution in [0.25, 0.3) is 0 Å². The van der Waals surface area contributed by atoms with E-state index in [0.29, 0.717) is 11.7 Å². The third-order valence-electron chi connectivity index (χ3n) is 3.22. The van der Waals surface area contributed by atoms with E-state index < -0.39 is 0 Å². The van der Waals surface area contributed by atoms with E-state index in [1.54, 1.807) is 19.2 Å². The summed E-state index contributed by atoms with van der Waals surface area (Å²) in [6, 6.07) is 7.22. The predicted molar refractivity (Wildman–Crippen MR) is 78.1 cm³/mol. The highest BCUT2D eigenvalue weighted by molar-refractivity contribution is 5.94. The Bertz CT molecular complexity index is 456. The fourth-order valence-corrected chi connectivity index (χ4v) is 2.23. The van der Waals surface area contributed by atoms with Crippen molar-refractivity contribution in [3.63, 3.8) is 0 Å². The van der Waals surface area contributed by atoms with Crippen LogP contribution in [0.5, 0.6) is 5.75 Å². The third kappa shape index (κ3) is 3.97. The average Bonchev–Trinajstić information content (AvgIpc) is 2.34. The Morgan fingerprint density at radius 2 is 1.75 bits per heavy atom. The fraction of sp³-hybridized carbons (Fsp3) is 0.562. The van der Waals surface area contributed by atoms with Crippen molar-refractivity contribution < 1.29 is 14.3 Å². The molecule has 0 unspecified atom stereocenters. The number of nitrogens with one attached hydrogen (secondary N) is 1. The minimum Gasteiger partial charge on any atom is -0.490 e. The first-order valence-corrected chi connectivity index (χ1v) is 7.04. The van der Waals surface area contributed by atoms with Crippen molar-refractivity contribution in [3.05, 3.63) is 29.8 Å². The van der Waals surface area contributed by atoms with E-state index in [0.717, 1.165) is 18.6 Å². The molecule has 0 aliphatic heterocycles. The van der Waals surface area contributed by atoms with Gasteiger partial charge in [-0.05, 0) is 45.0 Å². The van der Waals surface area contributed by atoms with E-state index in [2.05, 4.69) is 26.1 Å². The molecule has 110 valence electrons. The van der Waals surface area contributed by atoms with Gasteiger partial charge >= 0.3 is 0 Å². The molecule has 0 aromatic heterocycles. The van der Waals surface area contributed by atoms with Gasteiger partial charge in [0.15, 0.2) is 0 Å². The lowest BCUT2D eigenvalue weighted by molar-refractivity contribution is -0.126. The molecule has 0 saturated heterocycles. The molecule has 4 heteroatoms. The number of amides is 1. The van der Waals surface area contributed by atoms with Gasteiger partial charge in [0.25, 0.3) is 5.91 Å². The first kappa shape index (κ1) is 14.9. The lowest BCUT2D eigenvalue weighted by Crippen LogP contribution is -2.43. The molecule has 0 bridgehead atoms. The van der Waals surface area contributed by atoms with E-state index in [1.165, 1.54) is 0 Å². The van der Waals surface area contributed by atoms with Gasteiger partial charge in [-0.1, -0.05) is 0 Å². The molecule has 1 N–H and O–H groups in total. The summed E-state index contributed by atoms with van der Waals surface area (Å²) in [7, 11) is 1.62. The van der Waals surface area contributed by atoms with Crippen molar-refractivity contribution in [2.45, 2.75) is 51.4 Å². The molecule has 1 saturated carbocycles. The summed E-state index contributed by atoms with van der Waals surface area (Å²) in [6.45, 7) is 6.20. The van der Waals surface area contributed by atoms with Crippen LogP contribution in [0.1, 0.15) is 44.0 Å². The van der Waals surface area contributed by atoms with Gasteiger partial charge in [0, 0.05) is 25.5 Å². The van der Waals surface area contributed by atoms with Crippen LogP contribution in [0.4, 0.5) is 0 Å². The highest BCUT2D eigenvalue weighted by Gasteiger charge is 2.34. The predicted octanol–water partition coefficient (Wildman–Crippen LogP) is 2.77. The first-order chi connectivity index (χ1) is 9.37. The van der Waals surface area contributed by atoms with Gasteiger partial charge < -0.3 is 14.8 Å². The van der Waals surface area contributed by atoms with E-state index >= 15 is 0 Å². The summed E-state index contributed by atoms with van der Waals surface area (Å²) in [6.07, 6.45) is 2.36. The van der Waals surface area contributed by atoms with Crippen molar-refractivity contribution >= 4 is 5.91 Å². The molecule has 1 aliphatic carbocycles. The standard InChI is InChI=1S/C16H23NO3/c1-16(2,3)20-14-9-13(10-14)19-12-7-5-11(6-8-12)15(18)17-4/h5-8,13-14H,9-10H2,1-4H3,(H,17,18). The Balaban J connectivity index is 1.80. The largest absolute Gasteiger partial charge is 0.490 e. The van der Waals surface area contributed by atoms with Crippen LogP contribution < -0.4 is 10.1 Å². The Labute approximate surface area is 120 Å². The van der Waals surface area contributed by atoms with Crippen LogP contribution in [0.15, 0.2) is 24.3 Å². The normalized spacial score (nSPS) is 22.0. The van der Waals surface area contributed by atoms with Crippen molar-refractivity contribution in [2.24, 2.45) is 0 Å². The lowest BCUT2D eigenvalue weighted by atomic mass is 9.91. The molecule has 1 fully saturated rings. The summed E-state index contributed by atoms with van der Waals surface area (Å²) in [5.41, 5.74) is 0.549. The van der Waals surface area contributed by atoms with Gasteiger partial charge in [0.1, 0.15) is 11.9 Å². The highest BCUT2D eigenvalue weighted by atomic mass is 16.5. The van der Waals surface area contributed by atoms with Crippen LogP contribution in [0.2, 0.25) is 0 Å². The van der Waals surface area contributed by atoms with Crippen LogP contribution in [-0.2, 0) is 4.74 Å². The molecule has 0 heterocycles. The van der Waals surface area contributed by atoms with E-state index in [-0.39, 0.29) is 17.6 Å². The summed E-state index contributed by atoms with van der Waals surface area (Å²) in [5.74, 6) is 0.718. The number of hydrogen-bond donors (Lipinski definition) is 1. The van der Waals surface area contributed by atoms with Crippen molar-refractivity contribution in [2.75, 3.05) is 7.05 Å². The summed E-state index contributed by atoms with van der Waals surface area (Å²) in [5, 5.41) is 2.60. The minimum absolute atomic E-state index is 0.0844. The van der Waals surface area contributed by atoms with Crippen LogP contribution in [0, 0.1) is 0 Å². The zero-order valence-corrected chi connectivity index (χ0v) is 12.6. The Morgan fingerprint density at radius 1 is 1.15 bits per heavy atom. The second kappa shape index (κ2) is 5.83. The van der Waals surface area contributed by atoms with Crippen LogP contribution in [-0.4, -0.2) is 30.8 Å². The molecule has 0 spiro atoms. The van der Waals surface area contributed by atoms with Crippen LogP contribution >= 0.6 is 0 Å². The van der Waals surface area contributed by atoms with E-state index in [9.17, 15) is 4.79 Å². The SMILES string of the molecule is CNC(=O)c1ccc(OC2CC(OC(C)(C)C)C2)cc1. The smallest absolute Gasteiger partial charge is 0.251 e. The molecule has 4 nitrogen and oxygen atoms in total. The van der Waals surface area contributed by atoms with E-state index in [1.807, 2.05) is 12.1 Å². The highest BCUT2D eigenvalue weighted by Crippen LogP contribution is 2.31. The minimum atomic E-state index is -0.0925. The molecule has 1 aliphatic rings. The molecule has 1 aromatic carbocycles. The molecule has 20 heavy (non-hydrogen) atoms.